The van der Waals surface area contributed by atoms with Crippen molar-refractivity contribution in [2.24, 2.45) is 0 Å². The van der Waals surface area contributed by atoms with Gasteiger partial charge in [-0.05, 0) is 109 Å². The molecule has 0 fully saturated rings. The highest BCUT2D eigenvalue weighted by atomic mass is 16.3. The summed E-state index contributed by atoms with van der Waals surface area (Å²) in [5, 5.41) is 4.75. The van der Waals surface area contributed by atoms with Gasteiger partial charge in [-0.25, -0.2) is 0 Å². The predicted octanol–water partition coefficient (Wildman–Crippen LogP) is 17.2. The maximum Gasteiger partial charge on any atom is 0.137 e. The second kappa shape index (κ2) is 15.5. The number of fused-ring (bicyclic) bond motifs is 4. The van der Waals surface area contributed by atoms with Crippen molar-refractivity contribution >= 4 is 49.7 Å². The fourth-order valence-corrected chi connectivity index (χ4v) is 9.23. The molecule has 0 amide bonds. The van der Waals surface area contributed by atoms with E-state index in [1.807, 2.05) is 6.07 Å². The van der Waals surface area contributed by atoms with Crippen molar-refractivity contribution in [3.8, 4) is 33.4 Å². The van der Waals surface area contributed by atoms with E-state index in [1.54, 1.807) is 0 Å². The molecule has 0 spiro atoms. The molecule has 10 rings (SSSR count). The van der Waals surface area contributed by atoms with Gasteiger partial charge in [-0.2, -0.15) is 0 Å². The van der Waals surface area contributed by atoms with Crippen molar-refractivity contribution in [1.29, 1.82) is 0 Å². The summed E-state index contributed by atoms with van der Waals surface area (Å²) >= 11 is 0. The number of rotatable bonds is 7. The molecule has 0 saturated carbocycles. The smallest absolute Gasteiger partial charge is 0.137 e. The lowest BCUT2D eigenvalue weighted by Gasteiger charge is -2.33. The van der Waals surface area contributed by atoms with Crippen molar-refractivity contribution in [1.82, 2.24) is 0 Å². The van der Waals surface area contributed by atoms with Crippen LogP contribution in [0.25, 0.3) is 71.7 Å². The van der Waals surface area contributed by atoms with Gasteiger partial charge in [0.1, 0.15) is 11.2 Å². The lowest BCUT2D eigenvalue weighted by molar-refractivity contribution is 0.569. The Bertz CT molecular complexity index is 3150. The van der Waals surface area contributed by atoms with Crippen molar-refractivity contribution < 1.29 is 4.42 Å². The van der Waals surface area contributed by atoms with Crippen LogP contribution in [0.15, 0.2) is 198 Å². The molecule has 9 aromatic rings. The molecule has 0 N–H and O–H groups in total. The minimum absolute atomic E-state index is 0.000800. The molecule has 1 heterocycles. The Balaban J connectivity index is 1.22. The van der Waals surface area contributed by atoms with Crippen molar-refractivity contribution in [3.63, 3.8) is 0 Å². The van der Waals surface area contributed by atoms with Gasteiger partial charge in [-0.15, -0.1) is 0 Å². The largest absolute Gasteiger partial charge is 0.456 e. The third-order valence-electron chi connectivity index (χ3n) is 12.6. The maximum absolute atomic E-state index is 6.60. The van der Waals surface area contributed by atoms with Crippen molar-refractivity contribution in [3.05, 3.63) is 210 Å². The maximum atomic E-state index is 6.60. The third kappa shape index (κ3) is 7.24. The molecule has 2 nitrogen and oxygen atoms in total. The van der Waals surface area contributed by atoms with E-state index in [1.165, 1.54) is 55.3 Å². The Morgan fingerprint density at radius 1 is 0.435 bits per heavy atom. The molecular weight excluding hydrogens is 751 g/mol. The molecule has 0 bridgehead atoms. The Labute approximate surface area is 366 Å². The highest BCUT2D eigenvalue weighted by molar-refractivity contribution is 6.09. The second-order valence-electron chi connectivity index (χ2n) is 18.9. The molecule has 2 heteroatoms. The second-order valence-corrected chi connectivity index (χ2v) is 18.9. The molecule has 0 saturated heterocycles. The lowest BCUT2D eigenvalue weighted by atomic mass is 9.78. The number of hydrogen-bond donors (Lipinski definition) is 0. The molecule has 0 atom stereocenters. The van der Waals surface area contributed by atoms with Gasteiger partial charge in [0.05, 0.1) is 5.69 Å². The van der Waals surface area contributed by atoms with Crippen LogP contribution in [0.2, 0.25) is 0 Å². The summed E-state index contributed by atoms with van der Waals surface area (Å²) in [6, 6.07) is 64.6. The zero-order valence-electron chi connectivity index (χ0n) is 36.7. The highest BCUT2D eigenvalue weighted by Crippen LogP contribution is 2.48. The van der Waals surface area contributed by atoms with Crippen molar-refractivity contribution in [2.45, 2.75) is 65.2 Å². The number of benzene rings is 8. The van der Waals surface area contributed by atoms with Crippen LogP contribution >= 0.6 is 0 Å². The number of furan rings is 1. The van der Waals surface area contributed by atoms with Gasteiger partial charge in [0.25, 0.3) is 0 Å². The summed E-state index contributed by atoms with van der Waals surface area (Å²) in [4.78, 5) is 2.49. The summed E-state index contributed by atoms with van der Waals surface area (Å²) in [5.41, 5.74) is 17.5. The van der Waals surface area contributed by atoms with Crippen LogP contribution in [0.4, 0.5) is 11.4 Å². The first-order chi connectivity index (χ1) is 30.0. The average molecular weight is 804 g/mol. The quantitative estimate of drug-likeness (QED) is 0.160. The highest BCUT2D eigenvalue weighted by Gasteiger charge is 2.28. The molecule has 304 valence electrons. The zero-order chi connectivity index (χ0) is 42.6. The number of nitrogens with zero attached hydrogens (tertiary/aromatic N) is 1. The number of anilines is 2. The van der Waals surface area contributed by atoms with Gasteiger partial charge in [0.2, 0.25) is 0 Å². The Hall–Kier alpha value is -6.90. The monoisotopic (exact) mass is 803 g/mol. The predicted molar refractivity (Wildman–Crippen MR) is 265 cm³/mol. The first-order valence-corrected chi connectivity index (χ1v) is 22.1. The van der Waals surface area contributed by atoms with Crippen LogP contribution in [0, 0.1) is 0 Å². The van der Waals surface area contributed by atoms with E-state index in [2.05, 4.69) is 228 Å². The summed E-state index contributed by atoms with van der Waals surface area (Å²) in [6.45, 7) is 13.9. The van der Waals surface area contributed by atoms with Crippen LogP contribution in [0.5, 0.6) is 0 Å². The summed E-state index contributed by atoms with van der Waals surface area (Å²) in [6.07, 6.45) is 6.82. The molecule has 0 unspecified atom stereocenters. The summed E-state index contributed by atoms with van der Waals surface area (Å²) < 4.78 is 6.60. The normalized spacial score (nSPS) is 13.4. The van der Waals surface area contributed by atoms with Gasteiger partial charge in [-0.1, -0.05) is 193 Å². The number of para-hydroxylation sites is 1. The molecule has 62 heavy (non-hydrogen) atoms. The van der Waals surface area contributed by atoms with Gasteiger partial charge in [0, 0.05) is 39.4 Å². The SMILES string of the molecule is CC(C)(C)c1cc(-c2cccc3cccc(C4=CCCC=C4N(c4ccc5c(c4)oc4ccccc45)c4ccc(-c5ccccc5)cc4-c4ccccc4)c23)cc(C(C)(C)C)c1. The van der Waals surface area contributed by atoms with Gasteiger partial charge < -0.3 is 9.32 Å². The van der Waals surface area contributed by atoms with Crippen LogP contribution in [0.1, 0.15) is 71.1 Å². The molecule has 1 aromatic heterocycles. The average Bonchev–Trinajstić information content (AvgIpc) is 3.67. The first kappa shape index (κ1) is 39.2. The van der Waals surface area contributed by atoms with E-state index in [9.17, 15) is 0 Å². The minimum atomic E-state index is -0.000800. The standard InChI is InChI=1S/C60H53NO/c1-59(2,3)45-35-44(36-46(38-45)60(4,5)6)48-27-17-23-42-24-18-28-52(58(42)48)49-25-13-15-29-54(49)61(47-32-33-51-50-26-14-16-30-56(50)62-57(51)39-47)55-34-31-43(40-19-9-7-10-20-40)37-53(55)41-21-11-8-12-22-41/h7-12,14,16-39H,13,15H2,1-6H3. The van der Waals surface area contributed by atoms with E-state index in [4.69, 9.17) is 4.42 Å². The Morgan fingerprint density at radius 3 is 1.77 bits per heavy atom. The van der Waals surface area contributed by atoms with Gasteiger partial charge >= 0.3 is 0 Å². The molecule has 0 aliphatic heterocycles. The van der Waals surface area contributed by atoms with Crippen LogP contribution in [0.3, 0.4) is 0 Å². The molecular formula is C60H53NO. The molecule has 1 aliphatic carbocycles. The Morgan fingerprint density at radius 2 is 1.06 bits per heavy atom. The van der Waals surface area contributed by atoms with Crippen molar-refractivity contribution in [2.75, 3.05) is 4.90 Å². The van der Waals surface area contributed by atoms with E-state index in [-0.39, 0.29) is 10.8 Å². The molecule has 1 aliphatic rings. The first-order valence-electron chi connectivity index (χ1n) is 22.1. The number of hydrogen-bond acceptors (Lipinski definition) is 2. The fraction of sp³-hybridized carbons (Fsp3) is 0.167. The zero-order valence-corrected chi connectivity index (χ0v) is 36.7. The summed E-state index contributed by atoms with van der Waals surface area (Å²) in [5.74, 6) is 0. The van der Waals surface area contributed by atoms with Crippen LogP contribution < -0.4 is 4.90 Å². The minimum Gasteiger partial charge on any atom is -0.456 e. The van der Waals surface area contributed by atoms with E-state index in [0.29, 0.717) is 0 Å². The lowest BCUT2D eigenvalue weighted by Crippen LogP contribution is -2.20. The van der Waals surface area contributed by atoms with Gasteiger partial charge in [0.15, 0.2) is 0 Å². The van der Waals surface area contributed by atoms with Crippen LogP contribution in [-0.4, -0.2) is 0 Å². The molecule has 8 aromatic carbocycles. The van der Waals surface area contributed by atoms with Gasteiger partial charge in [-0.3, -0.25) is 0 Å². The van der Waals surface area contributed by atoms with E-state index >= 15 is 0 Å². The van der Waals surface area contributed by atoms with E-state index in [0.717, 1.165) is 63.0 Å². The third-order valence-corrected chi connectivity index (χ3v) is 12.6. The number of allylic oxidation sites excluding steroid dienone is 3. The Kier molecular flexibility index (Phi) is 9.83. The summed E-state index contributed by atoms with van der Waals surface area (Å²) in [7, 11) is 0. The fourth-order valence-electron chi connectivity index (χ4n) is 9.23. The topological polar surface area (TPSA) is 16.4 Å². The van der Waals surface area contributed by atoms with Crippen LogP contribution in [-0.2, 0) is 10.8 Å². The van der Waals surface area contributed by atoms with E-state index < -0.39 is 0 Å². The molecule has 0 radical (unpaired) electrons.